The molecule has 0 saturated carbocycles. The molecule has 2 aliphatic rings. The van der Waals surface area contributed by atoms with Gasteiger partial charge in [-0.15, -0.1) is 0 Å². The predicted molar refractivity (Wildman–Crippen MR) is 136 cm³/mol. The van der Waals surface area contributed by atoms with E-state index in [1.807, 2.05) is 19.0 Å². The number of anilines is 2. The maximum absolute atomic E-state index is 16.2. The fourth-order valence-electron chi connectivity index (χ4n) is 4.99. The molecule has 0 aliphatic carbocycles. The number of rotatable bonds is 4. The van der Waals surface area contributed by atoms with E-state index in [0.29, 0.717) is 23.2 Å². The summed E-state index contributed by atoms with van der Waals surface area (Å²) in [5.41, 5.74) is -0.431. The third-order valence-corrected chi connectivity index (χ3v) is 7.34. The monoisotopic (exact) mass is 502 g/mol. The molecule has 2 saturated heterocycles. The molecule has 0 spiro atoms. The molecule has 0 unspecified atom stereocenters. The molecule has 186 valence electrons. The minimum absolute atomic E-state index is 0.0138. The van der Waals surface area contributed by atoms with Crippen LogP contribution in [0.2, 0.25) is 5.02 Å². The van der Waals surface area contributed by atoms with Crippen molar-refractivity contribution >= 4 is 34.3 Å². The number of nitrogens with zero attached hydrogens (tertiary/aromatic N) is 5. The number of hydrogen-bond acceptors (Lipinski definition) is 7. The maximum Gasteiger partial charge on any atom is 0.228 e. The number of halogens is 3. The molecule has 35 heavy (non-hydrogen) atoms. The first kappa shape index (κ1) is 24.0. The van der Waals surface area contributed by atoms with Crippen molar-refractivity contribution < 1.29 is 13.9 Å². The molecule has 2 atom stereocenters. The van der Waals surface area contributed by atoms with Crippen molar-refractivity contribution in [2.75, 3.05) is 50.1 Å². The largest absolute Gasteiger partial charge is 0.507 e. The summed E-state index contributed by atoms with van der Waals surface area (Å²) in [7, 11) is 4.04. The van der Waals surface area contributed by atoms with Crippen molar-refractivity contribution in [3.8, 4) is 16.9 Å². The Balaban J connectivity index is 1.74. The number of phenols is 1. The minimum Gasteiger partial charge on any atom is -0.507 e. The Kier molecular flexibility index (Phi) is 6.19. The van der Waals surface area contributed by atoms with Crippen LogP contribution in [0.1, 0.15) is 13.8 Å². The lowest BCUT2D eigenvalue weighted by Gasteiger charge is -2.44. The molecule has 0 bridgehead atoms. The van der Waals surface area contributed by atoms with Crippen LogP contribution in [0, 0.1) is 11.6 Å². The Bertz CT molecular complexity index is 1250. The van der Waals surface area contributed by atoms with Gasteiger partial charge in [0, 0.05) is 55.3 Å². The molecule has 3 heterocycles. The average Bonchev–Trinajstić information content (AvgIpc) is 2.75. The first-order chi connectivity index (χ1) is 16.7. The van der Waals surface area contributed by atoms with Gasteiger partial charge in [-0.1, -0.05) is 17.7 Å². The van der Waals surface area contributed by atoms with E-state index in [0.717, 1.165) is 32.2 Å². The molecular weight excluding hydrogens is 474 g/mol. The summed E-state index contributed by atoms with van der Waals surface area (Å²) in [6.45, 7) is 7.14. The van der Waals surface area contributed by atoms with Gasteiger partial charge in [-0.05, 0) is 46.1 Å². The highest BCUT2D eigenvalue weighted by atomic mass is 35.5. The van der Waals surface area contributed by atoms with E-state index in [9.17, 15) is 9.50 Å². The molecular formula is C25H29ClF2N6O. The highest BCUT2D eigenvalue weighted by molar-refractivity contribution is 6.34. The van der Waals surface area contributed by atoms with Gasteiger partial charge >= 0.3 is 0 Å². The number of aromatic hydroxyl groups is 1. The normalized spacial score (nSPS) is 21.1. The zero-order chi connectivity index (χ0) is 25.0. The highest BCUT2D eigenvalue weighted by Crippen LogP contribution is 2.43. The number of nitrogens with one attached hydrogen (secondary N) is 1. The fourth-order valence-corrected chi connectivity index (χ4v) is 5.28. The van der Waals surface area contributed by atoms with Crippen molar-refractivity contribution in [3.05, 3.63) is 40.9 Å². The molecule has 5 rings (SSSR count). The van der Waals surface area contributed by atoms with Crippen LogP contribution in [0.4, 0.5) is 20.5 Å². The SMILES string of the molecule is C[C@@H]1CNC[C@H](C)N1c1nc(N2CC(N(C)C)C2)nc2c(F)c(-c3c(O)cccc3F)c(Cl)cc12. The smallest absolute Gasteiger partial charge is 0.228 e. The second-order valence-corrected chi connectivity index (χ2v) is 10.1. The zero-order valence-electron chi connectivity index (χ0n) is 20.2. The van der Waals surface area contributed by atoms with Gasteiger partial charge in [-0.2, -0.15) is 4.98 Å². The molecule has 2 fully saturated rings. The van der Waals surface area contributed by atoms with E-state index in [-0.39, 0.29) is 39.5 Å². The first-order valence-corrected chi connectivity index (χ1v) is 12.1. The van der Waals surface area contributed by atoms with E-state index in [4.69, 9.17) is 16.6 Å². The minimum atomic E-state index is -0.780. The van der Waals surface area contributed by atoms with Crippen LogP contribution in [0.3, 0.4) is 0 Å². The van der Waals surface area contributed by atoms with Gasteiger partial charge in [0.2, 0.25) is 5.95 Å². The highest BCUT2D eigenvalue weighted by Gasteiger charge is 2.34. The Morgan fingerprint density at radius 1 is 1.09 bits per heavy atom. The molecule has 2 N–H and O–H groups in total. The van der Waals surface area contributed by atoms with Crippen molar-refractivity contribution in [1.82, 2.24) is 20.2 Å². The summed E-state index contributed by atoms with van der Waals surface area (Å²) in [5, 5.41) is 14.2. The van der Waals surface area contributed by atoms with E-state index in [1.54, 1.807) is 6.07 Å². The van der Waals surface area contributed by atoms with Crippen molar-refractivity contribution in [2.45, 2.75) is 32.0 Å². The lowest BCUT2D eigenvalue weighted by Crippen LogP contribution is -2.58. The molecule has 2 aromatic carbocycles. The topological polar surface area (TPSA) is 67.8 Å². The van der Waals surface area contributed by atoms with Crippen molar-refractivity contribution in [3.63, 3.8) is 0 Å². The third-order valence-electron chi connectivity index (χ3n) is 7.04. The Morgan fingerprint density at radius 3 is 2.40 bits per heavy atom. The van der Waals surface area contributed by atoms with Crippen molar-refractivity contribution in [1.29, 1.82) is 0 Å². The Hall–Kier alpha value is -2.75. The summed E-state index contributed by atoms with van der Waals surface area (Å²) in [6, 6.07) is 5.98. The lowest BCUT2D eigenvalue weighted by atomic mass is 10.00. The number of benzene rings is 2. The molecule has 10 heteroatoms. The van der Waals surface area contributed by atoms with E-state index >= 15 is 4.39 Å². The van der Waals surface area contributed by atoms with Crippen LogP contribution >= 0.6 is 11.6 Å². The van der Waals surface area contributed by atoms with Gasteiger partial charge < -0.3 is 25.1 Å². The van der Waals surface area contributed by atoms with Gasteiger partial charge in [0.1, 0.15) is 22.9 Å². The number of likely N-dealkylation sites (N-methyl/N-ethyl adjacent to an activating group) is 1. The molecule has 3 aromatic rings. The second kappa shape index (κ2) is 9.04. The van der Waals surface area contributed by atoms with E-state index in [2.05, 4.69) is 33.9 Å². The Labute approximate surface area is 208 Å². The number of piperazine rings is 1. The maximum atomic E-state index is 16.2. The zero-order valence-corrected chi connectivity index (χ0v) is 20.9. The summed E-state index contributed by atoms with van der Waals surface area (Å²) >= 11 is 6.55. The number of fused-ring (bicyclic) bond motifs is 1. The quantitative estimate of drug-likeness (QED) is 0.561. The number of phenolic OH excluding ortho intramolecular Hbond substituents is 1. The van der Waals surface area contributed by atoms with E-state index < -0.39 is 11.6 Å². The van der Waals surface area contributed by atoms with E-state index in [1.165, 1.54) is 12.1 Å². The summed E-state index contributed by atoms with van der Waals surface area (Å²) < 4.78 is 30.9. The van der Waals surface area contributed by atoms with Crippen LogP contribution < -0.4 is 15.1 Å². The van der Waals surface area contributed by atoms with Crippen LogP contribution in [-0.2, 0) is 0 Å². The van der Waals surface area contributed by atoms with Gasteiger partial charge in [0.15, 0.2) is 5.82 Å². The predicted octanol–water partition coefficient (Wildman–Crippen LogP) is 3.87. The molecule has 7 nitrogen and oxygen atoms in total. The van der Waals surface area contributed by atoms with Crippen LogP contribution in [0.5, 0.6) is 5.75 Å². The Morgan fingerprint density at radius 2 is 1.77 bits per heavy atom. The van der Waals surface area contributed by atoms with Gasteiger partial charge in [0.05, 0.1) is 10.6 Å². The lowest BCUT2D eigenvalue weighted by molar-refractivity contribution is 0.245. The summed E-state index contributed by atoms with van der Waals surface area (Å²) in [4.78, 5) is 15.8. The van der Waals surface area contributed by atoms with Crippen LogP contribution in [0.25, 0.3) is 22.0 Å². The number of hydrogen-bond donors (Lipinski definition) is 2. The molecule has 1 aromatic heterocycles. The second-order valence-electron chi connectivity index (χ2n) is 9.71. The van der Waals surface area contributed by atoms with Gasteiger partial charge in [-0.3, -0.25) is 0 Å². The standard InChI is InChI=1S/C25H29ClF2N6O/c1-13-9-29-10-14(2)34(13)24-16-8-17(26)20(21-18(27)6-5-7-19(21)35)22(28)23(16)30-25(31-24)33-11-15(12-33)32(3)4/h5-8,13-15,29,35H,9-12H2,1-4H3/t13-,14+. The summed E-state index contributed by atoms with van der Waals surface area (Å²) in [6.07, 6.45) is 0. The van der Waals surface area contributed by atoms with Crippen molar-refractivity contribution in [2.24, 2.45) is 0 Å². The number of aromatic nitrogens is 2. The van der Waals surface area contributed by atoms with Gasteiger partial charge in [-0.25, -0.2) is 13.8 Å². The first-order valence-electron chi connectivity index (χ1n) is 11.7. The third kappa shape index (κ3) is 4.05. The fraction of sp³-hybridized carbons (Fsp3) is 0.440. The molecule has 2 aliphatic heterocycles. The molecule has 0 amide bonds. The average molecular weight is 503 g/mol. The van der Waals surface area contributed by atoms with Gasteiger partial charge in [0.25, 0.3) is 0 Å². The summed E-state index contributed by atoms with van der Waals surface area (Å²) in [5.74, 6) is -0.905. The molecule has 0 radical (unpaired) electrons. The van der Waals surface area contributed by atoms with Crippen LogP contribution in [-0.4, -0.2) is 78.4 Å². The van der Waals surface area contributed by atoms with Crippen LogP contribution in [0.15, 0.2) is 24.3 Å².